The van der Waals surface area contributed by atoms with E-state index in [1.165, 1.54) is 4.88 Å². The Morgan fingerprint density at radius 3 is 2.68 bits per heavy atom. The lowest BCUT2D eigenvalue weighted by molar-refractivity contribution is 0.181. The average molecular weight is 343 g/mol. The highest BCUT2D eigenvalue weighted by Crippen LogP contribution is 2.26. The topological polar surface area (TPSA) is 49.4 Å². The summed E-state index contributed by atoms with van der Waals surface area (Å²) in [7, 11) is 1.17. The quantitative estimate of drug-likeness (QED) is 0.892. The third kappa shape index (κ3) is 4.81. The van der Waals surface area contributed by atoms with E-state index in [1.54, 1.807) is 16.2 Å². The highest BCUT2D eigenvalue weighted by molar-refractivity contribution is 7.85. The lowest BCUT2D eigenvalue weighted by atomic mass is 10.0. The Morgan fingerprint density at radius 2 is 2.14 bits per heavy atom. The highest BCUT2D eigenvalue weighted by atomic mass is 32.2. The summed E-state index contributed by atoms with van der Waals surface area (Å²) in [4.78, 5) is 15.6. The second-order valence-corrected chi connectivity index (χ2v) is 9.01. The molecule has 0 spiro atoms. The van der Waals surface area contributed by atoms with E-state index >= 15 is 0 Å². The smallest absolute Gasteiger partial charge is 0.317 e. The Labute approximate surface area is 139 Å². The number of hydrogen-bond acceptors (Lipinski definition) is 3. The first-order valence-corrected chi connectivity index (χ1v) is 10.3. The van der Waals surface area contributed by atoms with Gasteiger partial charge in [0.05, 0.1) is 6.04 Å². The predicted octanol–water partition coefficient (Wildman–Crippen LogP) is 3.39. The van der Waals surface area contributed by atoms with Crippen molar-refractivity contribution in [2.45, 2.75) is 45.2 Å². The molecule has 0 aliphatic carbocycles. The Balaban J connectivity index is 1.96. The molecule has 0 saturated carbocycles. The normalized spacial score (nSPS) is 23.3. The van der Waals surface area contributed by atoms with Crippen molar-refractivity contribution in [2.75, 3.05) is 18.6 Å². The summed E-state index contributed by atoms with van der Waals surface area (Å²) in [6.45, 7) is 4.35. The Kier molecular flexibility index (Phi) is 6.44. The van der Waals surface area contributed by atoms with Crippen LogP contribution in [-0.4, -0.2) is 39.7 Å². The molecule has 1 fully saturated rings. The standard InChI is InChI=1S/C16H26N2O2S2/c1-12(2)11-14(15-5-4-8-21-15)17-16(19)18(3)13-6-9-22(20)10-7-13/h4-5,8,12-14H,6-7,9-11H2,1-3H3,(H,17,19)/t13?,14-,22?/m1/s1. The van der Waals surface area contributed by atoms with Gasteiger partial charge in [-0.05, 0) is 36.6 Å². The third-order valence-electron chi connectivity index (χ3n) is 4.12. The van der Waals surface area contributed by atoms with Crippen LogP contribution >= 0.6 is 11.3 Å². The molecule has 1 aromatic rings. The number of hydrogen-bond donors (Lipinski definition) is 1. The van der Waals surface area contributed by atoms with Crippen LogP contribution in [0.1, 0.15) is 44.0 Å². The number of nitrogens with one attached hydrogen (secondary N) is 1. The van der Waals surface area contributed by atoms with E-state index in [0.717, 1.165) is 19.3 Å². The molecule has 124 valence electrons. The van der Waals surface area contributed by atoms with Crippen LogP contribution in [0.5, 0.6) is 0 Å². The molecule has 22 heavy (non-hydrogen) atoms. The van der Waals surface area contributed by atoms with Gasteiger partial charge in [-0.15, -0.1) is 11.3 Å². The minimum atomic E-state index is -0.690. The number of thiophene rings is 1. The summed E-state index contributed by atoms with van der Waals surface area (Å²) in [5, 5.41) is 5.23. The summed E-state index contributed by atoms with van der Waals surface area (Å²) < 4.78 is 11.4. The van der Waals surface area contributed by atoms with Crippen LogP contribution < -0.4 is 5.32 Å². The van der Waals surface area contributed by atoms with Crippen molar-refractivity contribution in [1.82, 2.24) is 10.2 Å². The zero-order valence-electron chi connectivity index (χ0n) is 13.6. The van der Waals surface area contributed by atoms with Gasteiger partial charge in [0, 0.05) is 40.3 Å². The largest absolute Gasteiger partial charge is 0.330 e. The van der Waals surface area contributed by atoms with Crippen LogP contribution in [0.2, 0.25) is 0 Å². The summed E-state index contributed by atoms with van der Waals surface area (Å²) in [6.07, 6.45) is 2.61. The van der Waals surface area contributed by atoms with Gasteiger partial charge in [0.1, 0.15) is 0 Å². The maximum Gasteiger partial charge on any atom is 0.317 e. The van der Waals surface area contributed by atoms with Gasteiger partial charge < -0.3 is 10.2 Å². The first kappa shape index (κ1) is 17.5. The molecule has 2 amide bonds. The summed E-state index contributed by atoms with van der Waals surface area (Å²) in [6, 6.07) is 4.38. The molecule has 0 unspecified atom stereocenters. The maximum atomic E-state index is 12.6. The minimum absolute atomic E-state index is 0.0169. The molecule has 0 radical (unpaired) electrons. The second-order valence-electron chi connectivity index (χ2n) is 6.34. The summed E-state index contributed by atoms with van der Waals surface area (Å²) in [5.74, 6) is 1.94. The van der Waals surface area contributed by atoms with E-state index in [0.29, 0.717) is 17.4 Å². The molecule has 1 saturated heterocycles. The summed E-state index contributed by atoms with van der Waals surface area (Å²) >= 11 is 1.69. The van der Waals surface area contributed by atoms with Gasteiger partial charge in [-0.1, -0.05) is 19.9 Å². The zero-order chi connectivity index (χ0) is 16.1. The van der Waals surface area contributed by atoms with Crippen molar-refractivity contribution >= 4 is 28.2 Å². The van der Waals surface area contributed by atoms with Crippen molar-refractivity contribution in [3.63, 3.8) is 0 Å². The van der Waals surface area contributed by atoms with E-state index in [2.05, 4.69) is 30.6 Å². The van der Waals surface area contributed by atoms with Gasteiger partial charge in [0.25, 0.3) is 0 Å². The zero-order valence-corrected chi connectivity index (χ0v) is 15.2. The molecule has 4 nitrogen and oxygen atoms in total. The van der Waals surface area contributed by atoms with Crippen LogP contribution in [-0.2, 0) is 10.8 Å². The fraction of sp³-hybridized carbons (Fsp3) is 0.688. The number of nitrogens with zero attached hydrogens (tertiary/aromatic N) is 1. The molecule has 0 bridgehead atoms. The molecule has 2 rings (SSSR count). The third-order valence-corrected chi connectivity index (χ3v) is 6.49. The molecule has 2 heterocycles. The van der Waals surface area contributed by atoms with Gasteiger partial charge in [-0.25, -0.2) is 4.79 Å². The van der Waals surface area contributed by atoms with E-state index in [-0.39, 0.29) is 18.1 Å². The average Bonchev–Trinajstić information content (AvgIpc) is 3.00. The number of urea groups is 1. The predicted molar refractivity (Wildman–Crippen MR) is 93.7 cm³/mol. The maximum absolute atomic E-state index is 12.6. The van der Waals surface area contributed by atoms with E-state index < -0.39 is 10.8 Å². The second kappa shape index (κ2) is 8.11. The Morgan fingerprint density at radius 1 is 1.45 bits per heavy atom. The monoisotopic (exact) mass is 342 g/mol. The van der Waals surface area contributed by atoms with Crippen LogP contribution in [0.4, 0.5) is 4.79 Å². The first-order chi connectivity index (χ1) is 10.5. The fourth-order valence-electron chi connectivity index (χ4n) is 2.79. The molecule has 1 N–H and O–H groups in total. The van der Waals surface area contributed by atoms with E-state index in [1.807, 2.05) is 13.1 Å². The number of carbonyl (C=O) groups is 1. The van der Waals surface area contributed by atoms with Crippen molar-refractivity contribution < 1.29 is 9.00 Å². The van der Waals surface area contributed by atoms with Gasteiger partial charge in [0.2, 0.25) is 0 Å². The first-order valence-electron chi connectivity index (χ1n) is 7.89. The van der Waals surface area contributed by atoms with E-state index in [9.17, 15) is 9.00 Å². The molecule has 1 atom stereocenters. The lowest BCUT2D eigenvalue weighted by Gasteiger charge is -2.32. The molecule has 0 aromatic carbocycles. The Bertz CT molecular complexity index is 492. The van der Waals surface area contributed by atoms with Gasteiger partial charge in [-0.3, -0.25) is 4.21 Å². The SMILES string of the molecule is CC(C)C[C@@H](NC(=O)N(C)C1CCS(=O)CC1)c1cccs1. The van der Waals surface area contributed by atoms with Crippen molar-refractivity contribution in [2.24, 2.45) is 5.92 Å². The molecule has 1 aliphatic rings. The number of carbonyl (C=O) groups excluding carboxylic acids is 1. The van der Waals surface area contributed by atoms with Gasteiger partial charge in [-0.2, -0.15) is 0 Å². The minimum Gasteiger partial charge on any atom is -0.330 e. The lowest BCUT2D eigenvalue weighted by Crippen LogP contribution is -2.47. The van der Waals surface area contributed by atoms with Crippen molar-refractivity contribution in [1.29, 1.82) is 0 Å². The highest BCUT2D eigenvalue weighted by Gasteiger charge is 2.26. The van der Waals surface area contributed by atoms with Crippen LogP contribution in [0, 0.1) is 5.92 Å². The molecule has 1 aliphatic heterocycles. The fourth-order valence-corrected chi connectivity index (χ4v) is 4.86. The van der Waals surface area contributed by atoms with Crippen molar-refractivity contribution in [3.8, 4) is 0 Å². The van der Waals surface area contributed by atoms with E-state index in [4.69, 9.17) is 0 Å². The van der Waals surface area contributed by atoms with Crippen LogP contribution in [0.3, 0.4) is 0 Å². The summed E-state index contributed by atoms with van der Waals surface area (Å²) in [5.41, 5.74) is 0. The van der Waals surface area contributed by atoms with Crippen LogP contribution in [0.25, 0.3) is 0 Å². The van der Waals surface area contributed by atoms with Gasteiger partial charge >= 0.3 is 6.03 Å². The molecule has 1 aromatic heterocycles. The number of amides is 2. The van der Waals surface area contributed by atoms with Crippen molar-refractivity contribution in [3.05, 3.63) is 22.4 Å². The van der Waals surface area contributed by atoms with Crippen LogP contribution in [0.15, 0.2) is 17.5 Å². The molecular weight excluding hydrogens is 316 g/mol. The van der Waals surface area contributed by atoms with Gasteiger partial charge in [0.15, 0.2) is 0 Å². The molecular formula is C16H26N2O2S2. The Hall–Kier alpha value is -0.880. The molecule has 6 heteroatoms. The number of rotatable bonds is 5.